The average Bonchev–Trinajstić information content (AvgIpc) is 3.38. The predicted octanol–water partition coefficient (Wildman–Crippen LogP) is 7.56. The zero-order valence-corrected chi connectivity index (χ0v) is 23.2. The van der Waals surface area contributed by atoms with Gasteiger partial charge in [-0.05, 0) is 52.1 Å². The number of aromatic nitrogens is 2. The van der Waals surface area contributed by atoms with E-state index in [4.69, 9.17) is 4.98 Å². The zero-order valence-electron chi connectivity index (χ0n) is 22.4. The summed E-state index contributed by atoms with van der Waals surface area (Å²) in [4.78, 5) is 10.4. The Morgan fingerprint density at radius 1 is 0.595 bits per heavy atom. The summed E-state index contributed by atoms with van der Waals surface area (Å²) in [7, 11) is 0. The normalized spacial score (nSPS) is 14.0. The Balaban J connectivity index is 1.44. The van der Waals surface area contributed by atoms with Crippen molar-refractivity contribution in [2.45, 2.75) is 9.79 Å². The van der Waals surface area contributed by atoms with Crippen molar-refractivity contribution in [1.29, 1.82) is 0 Å². The molecule has 3 aliphatic heterocycles. The van der Waals surface area contributed by atoms with Crippen LogP contribution in [0.2, 0.25) is 0 Å². The molecule has 6 aromatic carbocycles. The van der Waals surface area contributed by atoms with Crippen LogP contribution in [0.4, 0.5) is 17.1 Å². The molecule has 0 N–H and O–H groups in total. The average molecular weight is 549 g/mol. The Morgan fingerprint density at radius 3 is 2.33 bits per heavy atom. The third kappa shape index (κ3) is 2.43. The van der Waals surface area contributed by atoms with Gasteiger partial charge in [0.05, 0.1) is 28.1 Å². The van der Waals surface area contributed by atoms with Crippen LogP contribution in [0.3, 0.4) is 0 Å². The molecule has 42 heavy (non-hydrogen) atoms. The van der Waals surface area contributed by atoms with Crippen LogP contribution in [0, 0.1) is 0 Å². The first-order valence-electron chi connectivity index (χ1n) is 14.4. The molecule has 0 amide bonds. The molecule has 11 rings (SSSR count). The first kappa shape index (κ1) is 21.7. The summed E-state index contributed by atoms with van der Waals surface area (Å²) in [6.45, 7) is 0.116. The maximum absolute atomic E-state index is 5.24. The fourth-order valence-corrected chi connectivity index (χ4v) is 9.08. The first-order chi connectivity index (χ1) is 20.9. The SMILES string of the molecule is c1ccc2c(c1)Sc1cccc3c1N2c1cc2c(ncc4ccccc42)c2c1B3c1cccc3c4ccccc4n-2c13. The van der Waals surface area contributed by atoms with E-state index >= 15 is 0 Å². The third-order valence-electron chi connectivity index (χ3n) is 9.56. The van der Waals surface area contributed by atoms with Gasteiger partial charge in [0.1, 0.15) is 0 Å². The summed E-state index contributed by atoms with van der Waals surface area (Å²) in [5, 5.41) is 6.19. The van der Waals surface area contributed by atoms with Crippen molar-refractivity contribution >= 4 is 95.4 Å². The third-order valence-corrected chi connectivity index (χ3v) is 10.7. The highest BCUT2D eigenvalue weighted by Crippen LogP contribution is 2.53. The number of nitrogens with zero attached hydrogens (tertiary/aromatic N) is 3. The largest absolute Gasteiger partial charge is 0.309 e. The molecule has 0 aliphatic carbocycles. The summed E-state index contributed by atoms with van der Waals surface area (Å²) >= 11 is 1.89. The van der Waals surface area contributed by atoms with Gasteiger partial charge < -0.3 is 9.47 Å². The summed E-state index contributed by atoms with van der Waals surface area (Å²) in [5.74, 6) is 0. The van der Waals surface area contributed by atoms with Crippen molar-refractivity contribution < 1.29 is 0 Å². The number of fused-ring (bicyclic) bond motifs is 13. The second-order valence-corrected chi connectivity index (χ2v) is 12.6. The second-order valence-electron chi connectivity index (χ2n) is 11.5. The molecule has 0 radical (unpaired) electrons. The van der Waals surface area contributed by atoms with Crippen LogP contribution < -0.4 is 21.3 Å². The molecule has 0 bridgehead atoms. The number of pyridine rings is 1. The van der Waals surface area contributed by atoms with Gasteiger partial charge in [0.15, 0.2) is 0 Å². The van der Waals surface area contributed by atoms with Crippen LogP contribution in [0.5, 0.6) is 0 Å². The van der Waals surface area contributed by atoms with E-state index in [1.165, 1.54) is 86.9 Å². The van der Waals surface area contributed by atoms with Gasteiger partial charge in [-0.1, -0.05) is 96.7 Å². The minimum Gasteiger partial charge on any atom is -0.309 e. The van der Waals surface area contributed by atoms with Gasteiger partial charge in [-0.3, -0.25) is 4.98 Å². The van der Waals surface area contributed by atoms with Gasteiger partial charge in [0, 0.05) is 48.7 Å². The number of hydrogen-bond donors (Lipinski definition) is 0. The maximum Gasteiger partial charge on any atom is 0.252 e. The summed E-state index contributed by atoms with van der Waals surface area (Å²) in [6.07, 6.45) is 2.06. The Bertz CT molecular complexity index is 2530. The molecule has 0 saturated heterocycles. The van der Waals surface area contributed by atoms with Gasteiger partial charge in [-0.25, -0.2) is 0 Å². The lowest BCUT2D eigenvalue weighted by molar-refractivity contribution is 1.15. The zero-order chi connectivity index (χ0) is 27.1. The number of para-hydroxylation sites is 4. The van der Waals surface area contributed by atoms with Crippen LogP contribution in [-0.2, 0) is 0 Å². The van der Waals surface area contributed by atoms with E-state index in [0.29, 0.717) is 0 Å². The number of anilines is 3. The van der Waals surface area contributed by atoms with E-state index in [0.717, 1.165) is 5.52 Å². The van der Waals surface area contributed by atoms with E-state index in [-0.39, 0.29) is 6.71 Å². The molecule has 0 unspecified atom stereocenters. The molecule has 3 nitrogen and oxygen atoms in total. The molecule has 2 aromatic heterocycles. The van der Waals surface area contributed by atoms with Crippen molar-refractivity contribution in [2.75, 3.05) is 4.90 Å². The number of rotatable bonds is 0. The van der Waals surface area contributed by atoms with Crippen LogP contribution in [0.25, 0.3) is 49.2 Å². The van der Waals surface area contributed by atoms with Crippen LogP contribution >= 0.6 is 11.8 Å². The van der Waals surface area contributed by atoms with Crippen molar-refractivity contribution in [3.8, 4) is 5.69 Å². The summed E-state index contributed by atoms with van der Waals surface area (Å²) in [5.41, 5.74) is 12.7. The highest BCUT2D eigenvalue weighted by Gasteiger charge is 2.45. The van der Waals surface area contributed by atoms with Crippen LogP contribution in [0.1, 0.15) is 0 Å². The van der Waals surface area contributed by atoms with E-state index in [2.05, 4.69) is 131 Å². The monoisotopic (exact) mass is 549 g/mol. The minimum atomic E-state index is 0.116. The quantitative estimate of drug-likeness (QED) is 0.144. The Kier molecular flexibility index (Phi) is 3.85. The van der Waals surface area contributed by atoms with Gasteiger partial charge in [0.2, 0.25) is 0 Å². The van der Waals surface area contributed by atoms with Crippen molar-refractivity contribution in [1.82, 2.24) is 9.55 Å². The molecule has 5 heterocycles. The van der Waals surface area contributed by atoms with Gasteiger partial charge in [-0.15, -0.1) is 0 Å². The van der Waals surface area contributed by atoms with E-state index in [9.17, 15) is 0 Å². The highest BCUT2D eigenvalue weighted by molar-refractivity contribution is 7.99. The van der Waals surface area contributed by atoms with E-state index in [1.54, 1.807) is 0 Å². The molecular weight excluding hydrogens is 529 g/mol. The lowest BCUT2D eigenvalue weighted by atomic mass is 9.33. The van der Waals surface area contributed by atoms with Crippen molar-refractivity contribution in [3.05, 3.63) is 121 Å². The number of benzene rings is 6. The van der Waals surface area contributed by atoms with E-state index < -0.39 is 0 Å². The molecule has 0 fully saturated rings. The van der Waals surface area contributed by atoms with Crippen LogP contribution in [0.15, 0.2) is 131 Å². The van der Waals surface area contributed by atoms with Gasteiger partial charge >= 0.3 is 0 Å². The Labute approximate surface area is 246 Å². The smallest absolute Gasteiger partial charge is 0.252 e. The van der Waals surface area contributed by atoms with Crippen molar-refractivity contribution in [2.24, 2.45) is 0 Å². The fraction of sp³-hybridized carbons (Fsp3) is 0. The summed E-state index contributed by atoms with van der Waals surface area (Å²) in [6, 6.07) is 42.6. The fourth-order valence-electron chi connectivity index (χ4n) is 7.98. The maximum atomic E-state index is 5.24. The summed E-state index contributed by atoms with van der Waals surface area (Å²) < 4.78 is 2.53. The molecule has 3 aliphatic rings. The highest BCUT2D eigenvalue weighted by atomic mass is 32.2. The Hall–Kier alpha value is -5.00. The molecule has 5 heteroatoms. The minimum absolute atomic E-state index is 0.116. The molecule has 192 valence electrons. The van der Waals surface area contributed by atoms with Gasteiger partial charge in [-0.2, -0.15) is 0 Å². The Morgan fingerprint density at radius 2 is 1.36 bits per heavy atom. The second kappa shape index (κ2) is 7.44. The first-order valence-corrected chi connectivity index (χ1v) is 15.3. The number of hydrogen-bond acceptors (Lipinski definition) is 3. The van der Waals surface area contributed by atoms with Gasteiger partial charge in [0.25, 0.3) is 6.71 Å². The lowest BCUT2D eigenvalue weighted by Gasteiger charge is -2.43. The topological polar surface area (TPSA) is 21.1 Å². The standard InChI is InChI=1S/C37H20BN3S/c1-2-10-22-21(9-1)20-39-34-25(22)19-30-33-37(34)41-28-15-4-3-11-23(28)24-12-7-13-26(35(24)41)38(33)27-14-8-18-32-36(27)40(30)29-16-5-6-17-31(29)42-32/h1-20H. The van der Waals surface area contributed by atoms with E-state index in [1.807, 2.05) is 11.8 Å². The van der Waals surface area contributed by atoms with Crippen molar-refractivity contribution in [3.63, 3.8) is 0 Å². The molecular formula is C37H20BN3S. The molecule has 8 aromatic rings. The predicted molar refractivity (Wildman–Crippen MR) is 177 cm³/mol. The molecule has 0 atom stereocenters. The lowest BCUT2D eigenvalue weighted by Crippen LogP contribution is -2.60. The van der Waals surface area contributed by atoms with Crippen LogP contribution in [-0.4, -0.2) is 16.3 Å². The molecule has 0 spiro atoms. The molecule has 0 saturated carbocycles.